The molecule has 2 aliphatic rings. The van der Waals surface area contributed by atoms with Gasteiger partial charge in [-0.05, 0) is 54.7 Å². The zero-order chi connectivity index (χ0) is 19.8. The fourth-order valence-corrected chi connectivity index (χ4v) is 4.06. The normalized spacial score (nSPS) is 17.3. The smallest absolute Gasteiger partial charge is 0.313 e. The molecular formula is C21H20ClN3O3. The highest BCUT2D eigenvalue weighted by atomic mass is 35.5. The molecule has 2 aromatic carbocycles. The first kappa shape index (κ1) is 18.5. The maximum atomic E-state index is 12.4. The molecule has 1 atom stereocenters. The number of halogens is 1. The summed E-state index contributed by atoms with van der Waals surface area (Å²) in [5.74, 6) is -1.63. The lowest BCUT2D eigenvalue weighted by atomic mass is 9.96. The summed E-state index contributed by atoms with van der Waals surface area (Å²) in [6.07, 6.45) is 1.74. The Kier molecular flexibility index (Phi) is 4.81. The highest BCUT2D eigenvalue weighted by Gasteiger charge is 2.38. The van der Waals surface area contributed by atoms with Crippen LogP contribution in [0, 0.1) is 0 Å². The number of aryl methyl sites for hydroxylation is 1. The average molecular weight is 398 g/mol. The quantitative estimate of drug-likeness (QED) is 0.781. The molecule has 2 heterocycles. The monoisotopic (exact) mass is 397 g/mol. The Labute approximate surface area is 167 Å². The lowest BCUT2D eigenvalue weighted by Gasteiger charge is -2.26. The highest BCUT2D eigenvalue weighted by Crippen LogP contribution is 2.44. The van der Waals surface area contributed by atoms with Crippen LogP contribution in [0.4, 0.5) is 11.4 Å². The molecule has 4 rings (SSSR count). The molecule has 0 radical (unpaired) electrons. The van der Waals surface area contributed by atoms with Crippen molar-refractivity contribution < 1.29 is 14.4 Å². The van der Waals surface area contributed by atoms with Gasteiger partial charge in [0.15, 0.2) is 0 Å². The third kappa shape index (κ3) is 3.24. The molecule has 0 bridgehead atoms. The van der Waals surface area contributed by atoms with E-state index in [1.54, 1.807) is 24.3 Å². The van der Waals surface area contributed by atoms with E-state index in [1.807, 2.05) is 24.0 Å². The molecule has 3 amide bonds. The molecule has 28 heavy (non-hydrogen) atoms. The molecule has 0 unspecified atom stereocenters. The Balaban J connectivity index is 1.47. The number of hydrogen-bond acceptors (Lipinski definition) is 3. The lowest BCUT2D eigenvalue weighted by Crippen LogP contribution is -2.35. The van der Waals surface area contributed by atoms with E-state index >= 15 is 0 Å². The van der Waals surface area contributed by atoms with Crippen molar-refractivity contribution in [2.75, 3.05) is 16.8 Å². The predicted octanol–water partition coefficient (Wildman–Crippen LogP) is 2.99. The molecule has 0 aliphatic carbocycles. The fraction of sp³-hybridized carbons (Fsp3) is 0.286. The summed E-state index contributed by atoms with van der Waals surface area (Å²) in [5, 5.41) is 5.77. The Morgan fingerprint density at radius 2 is 2.00 bits per heavy atom. The first-order valence-electron chi connectivity index (χ1n) is 9.26. The summed E-state index contributed by atoms with van der Waals surface area (Å²) in [5.41, 5.74) is 4.20. The van der Waals surface area contributed by atoms with Gasteiger partial charge in [-0.3, -0.25) is 14.4 Å². The zero-order valence-corrected chi connectivity index (χ0v) is 16.2. The molecule has 2 aromatic rings. The minimum atomic E-state index is -0.746. The number of anilines is 2. The topological polar surface area (TPSA) is 78.5 Å². The Morgan fingerprint density at radius 1 is 1.21 bits per heavy atom. The third-order valence-electron chi connectivity index (χ3n) is 5.28. The molecule has 0 saturated carbocycles. The molecular weight excluding hydrogens is 378 g/mol. The van der Waals surface area contributed by atoms with Crippen molar-refractivity contribution in [2.45, 2.75) is 32.2 Å². The van der Waals surface area contributed by atoms with Gasteiger partial charge < -0.3 is 15.5 Å². The number of amides is 3. The number of nitrogens with one attached hydrogen (secondary N) is 2. The number of carbonyl (C=O) groups excluding carboxylic acids is 3. The zero-order valence-electron chi connectivity index (χ0n) is 15.4. The maximum absolute atomic E-state index is 12.4. The second kappa shape index (κ2) is 7.28. The van der Waals surface area contributed by atoms with Crippen LogP contribution >= 0.6 is 11.6 Å². The molecule has 7 heteroatoms. The van der Waals surface area contributed by atoms with Gasteiger partial charge >= 0.3 is 11.8 Å². The van der Waals surface area contributed by atoms with Gasteiger partial charge in [-0.1, -0.05) is 29.8 Å². The van der Waals surface area contributed by atoms with Gasteiger partial charge in [-0.2, -0.15) is 0 Å². The van der Waals surface area contributed by atoms with Crippen molar-refractivity contribution >= 4 is 40.7 Å². The highest BCUT2D eigenvalue weighted by molar-refractivity contribution is 6.39. The minimum absolute atomic E-state index is 0.0944. The van der Waals surface area contributed by atoms with Crippen molar-refractivity contribution in [1.82, 2.24) is 5.32 Å². The van der Waals surface area contributed by atoms with E-state index in [4.69, 9.17) is 11.6 Å². The van der Waals surface area contributed by atoms with Crippen molar-refractivity contribution in [2.24, 2.45) is 0 Å². The molecule has 144 valence electrons. The van der Waals surface area contributed by atoms with E-state index in [2.05, 4.69) is 10.6 Å². The fourth-order valence-electron chi connectivity index (χ4n) is 3.85. The lowest BCUT2D eigenvalue weighted by molar-refractivity contribution is -0.136. The second-order valence-electron chi connectivity index (χ2n) is 7.12. The van der Waals surface area contributed by atoms with Crippen molar-refractivity contribution in [3.63, 3.8) is 0 Å². The number of hydrogen-bond donors (Lipinski definition) is 2. The van der Waals surface area contributed by atoms with E-state index in [0.717, 1.165) is 41.8 Å². The summed E-state index contributed by atoms with van der Waals surface area (Å²) < 4.78 is 0. The number of rotatable bonds is 3. The van der Waals surface area contributed by atoms with Crippen molar-refractivity contribution in [3.05, 3.63) is 58.1 Å². The summed E-state index contributed by atoms with van der Waals surface area (Å²) >= 11 is 6.06. The SMILES string of the molecule is C[C@@H]1C(=O)N2CCCc3cc(NC(=O)C(=O)NCc4ccccc4Cl)cc1c32. The van der Waals surface area contributed by atoms with Gasteiger partial charge in [-0.25, -0.2) is 0 Å². The summed E-state index contributed by atoms with van der Waals surface area (Å²) in [6.45, 7) is 2.78. The van der Waals surface area contributed by atoms with E-state index < -0.39 is 11.8 Å². The molecule has 0 saturated heterocycles. The van der Waals surface area contributed by atoms with Crippen LogP contribution in [0.2, 0.25) is 5.02 Å². The summed E-state index contributed by atoms with van der Waals surface area (Å²) in [6, 6.07) is 10.8. The summed E-state index contributed by atoms with van der Waals surface area (Å²) in [7, 11) is 0. The molecule has 0 aromatic heterocycles. The predicted molar refractivity (Wildman–Crippen MR) is 107 cm³/mol. The van der Waals surface area contributed by atoms with Crippen LogP contribution in [-0.2, 0) is 27.3 Å². The van der Waals surface area contributed by atoms with Crippen LogP contribution in [0.15, 0.2) is 36.4 Å². The van der Waals surface area contributed by atoms with Crippen molar-refractivity contribution in [3.8, 4) is 0 Å². The maximum Gasteiger partial charge on any atom is 0.313 e. The molecule has 2 aliphatic heterocycles. The van der Waals surface area contributed by atoms with Crippen LogP contribution in [0.5, 0.6) is 0 Å². The van der Waals surface area contributed by atoms with Gasteiger partial charge in [0, 0.05) is 23.8 Å². The van der Waals surface area contributed by atoms with Gasteiger partial charge in [0.1, 0.15) is 0 Å². The Morgan fingerprint density at radius 3 is 2.79 bits per heavy atom. The van der Waals surface area contributed by atoms with E-state index in [-0.39, 0.29) is 18.4 Å². The summed E-state index contributed by atoms with van der Waals surface area (Å²) in [4.78, 5) is 38.7. The number of nitrogens with zero attached hydrogens (tertiary/aromatic N) is 1. The number of carbonyl (C=O) groups is 3. The molecule has 0 fully saturated rings. The molecule has 2 N–H and O–H groups in total. The minimum Gasteiger partial charge on any atom is -0.344 e. The van der Waals surface area contributed by atoms with E-state index in [9.17, 15) is 14.4 Å². The largest absolute Gasteiger partial charge is 0.344 e. The van der Waals surface area contributed by atoms with Crippen LogP contribution in [0.3, 0.4) is 0 Å². The first-order chi connectivity index (χ1) is 13.5. The third-order valence-corrected chi connectivity index (χ3v) is 5.65. The second-order valence-corrected chi connectivity index (χ2v) is 7.52. The Bertz CT molecular complexity index is 989. The Hall–Kier alpha value is -2.86. The van der Waals surface area contributed by atoms with E-state index in [0.29, 0.717) is 10.7 Å². The molecule has 6 nitrogen and oxygen atoms in total. The van der Waals surface area contributed by atoms with Crippen LogP contribution in [-0.4, -0.2) is 24.3 Å². The van der Waals surface area contributed by atoms with Crippen LogP contribution in [0.1, 0.15) is 36.0 Å². The van der Waals surface area contributed by atoms with Crippen LogP contribution in [0.25, 0.3) is 0 Å². The van der Waals surface area contributed by atoms with E-state index in [1.165, 1.54) is 0 Å². The first-order valence-corrected chi connectivity index (χ1v) is 9.64. The van der Waals surface area contributed by atoms with Gasteiger partial charge in [-0.15, -0.1) is 0 Å². The van der Waals surface area contributed by atoms with Gasteiger partial charge in [0.25, 0.3) is 0 Å². The molecule has 0 spiro atoms. The van der Waals surface area contributed by atoms with Gasteiger partial charge in [0.2, 0.25) is 5.91 Å². The average Bonchev–Trinajstić information content (AvgIpc) is 2.93. The van der Waals surface area contributed by atoms with Crippen LogP contribution < -0.4 is 15.5 Å². The van der Waals surface area contributed by atoms with Gasteiger partial charge in [0.05, 0.1) is 11.6 Å². The standard InChI is InChI=1S/C21H20ClN3O3/c1-12-16-10-15(9-13-6-4-8-25(18(13)16)21(12)28)24-20(27)19(26)23-11-14-5-2-3-7-17(14)22/h2-3,5,7,9-10,12H,4,6,8,11H2,1H3,(H,23,26)(H,24,27)/t12-/m0/s1. The van der Waals surface area contributed by atoms with Crippen molar-refractivity contribution in [1.29, 1.82) is 0 Å². The number of benzene rings is 2.